The molecule has 84 valence electrons. The van der Waals surface area contributed by atoms with Crippen molar-refractivity contribution < 1.29 is 14.2 Å². The summed E-state index contributed by atoms with van der Waals surface area (Å²) >= 11 is 0. The van der Waals surface area contributed by atoms with Gasteiger partial charge in [0, 0.05) is 11.6 Å². The first-order chi connectivity index (χ1) is 6.83. The van der Waals surface area contributed by atoms with Crippen molar-refractivity contribution in [1.29, 1.82) is 0 Å². The number of nitrogens with two attached hydrogens (primary N) is 1. The second-order valence-electron chi connectivity index (χ2n) is 4.28. The van der Waals surface area contributed by atoms with Crippen LogP contribution < -0.4 is 10.5 Å². The van der Waals surface area contributed by atoms with Gasteiger partial charge < -0.3 is 15.6 Å². The molecule has 1 aromatic rings. The fourth-order valence-electron chi connectivity index (χ4n) is 1.38. The Labute approximate surface area is 88.7 Å². The van der Waals surface area contributed by atoms with Gasteiger partial charge in [-0.1, -0.05) is 0 Å². The lowest BCUT2D eigenvalue weighted by molar-refractivity contribution is 0.368. The summed E-state index contributed by atoms with van der Waals surface area (Å²) in [6.45, 7) is 3.60. The molecule has 0 saturated heterocycles. The van der Waals surface area contributed by atoms with E-state index >= 15 is 0 Å². The highest BCUT2D eigenvalue weighted by Gasteiger charge is 2.17. The summed E-state index contributed by atoms with van der Waals surface area (Å²) in [4.78, 5) is 0. The van der Waals surface area contributed by atoms with Crippen LogP contribution >= 0.6 is 0 Å². The van der Waals surface area contributed by atoms with Gasteiger partial charge in [-0.25, -0.2) is 4.39 Å². The minimum absolute atomic E-state index is 0.0712. The fraction of sp³-hybridized carbons (Fsp3) is 0.455. The van der Waals surface area contributed by atoms with Crippen LogP contribution in [0.5, 0.6) is 11.5 Å². The number of aromatic hydroxyl groups is 1. The van der Waals surface area contributed by atoms with Crippen molar-refractivity contribution in [2.75, 3.05) is 7.11 Å². The van der Waals surface area contributed by atoms with Crippen molar-refractivity contribution in [3.63, 3.8) is 0 Å². The third-order valence-electron chi connectivity index (χ3n) is 1.99. The number of ether oxygens (including phenoxy) is 1. The van der Waals surface area contributed by atoms with Gasteiger partial charge in [0.15, 0.2) is 11.5 Å². The minimum Gasteiger partial charge on any atom is -0.504 e. The van der Waals surface area contributed by atoms with Crippen LogP contribution in [-0.4, -0.2) is 17.8 Å². The van der Waals surface area contributed by atoms with Gasteiger partial charge in [-0.15, -0.1) is 0 Å². The lowest BCUT2D eigenvalue weighted by Crippen LogP contribution is -2.34. The van der Waals surface area contributed by atoms with Crippen molar-refractivity contribution in [2.24, 2.45) is 5.73 Å². The first-order valence-electron chi connectivity index (χ1n) is 4.68. The number of halogens is 1. The van der Waals surface area contributed by atoms with Crippen LogP contribution in [0.25, 0.3) is 0 Å². The molecule has 0 saturated carbocycles. The zero-order chi connectivity index (χ0) is 11.6. The molecule has 4 heteroatoms. The Bertz CT molecular complexity index is 358. The molecule has 0 fully saturated rings. The van der Waals surface area contributed by atoms with Crippen molar-refractivity contribution in [3.05, 3.63) is 23.5 Å². The van der Waals surface area contributed by atoms with Crippen LogP contribution in [0.15, 0.2) is 12.1 Å². The Hall–Kier alpha value is -1.29. The van der Waals surface area contributed by atoms with E-state index in [-0.39, 0.29) is 11.5 Å². The second-order valence-corrected chi connectivity index (χ2v) is 4.28. The maximum Gasteiger partial charge on any atom is 0.163 e. The van der Waals surface area contributed by atoms with Gasteiger partial charge in [-0.05, 0) is 31.9 Å². The standard InChI is InChI=1S/C11H16FNO2/c1-11(2,13)6-7-4-9(14)10(15-3)5-8(7)12/h4-5,14H,6,13H2,1-3H3. The van der Waals surface area contributed by atoms with Crippen LogP contribution in [0.3, 0.4) is 0 Å². The summed E-state index contributed by atoms with van der Waals surface area (Å²) in [5.74, 6) is -0.354. The van der Waals surface area contributed by atoms with E-state index in [4.69, 9.17) is 10.5 Å². The molecule has 1 rings (SSSR count). The average Bonchev–Trinajstić information content (AvgIpc) is 2.08. The molecule has 0 aliphatic heterocycles. The zero-order valence-corrected chi connectivity index (χ0v) is 9.17. The number of rotatable bonds is 3. The molecule has 0 atom stereocenters. The Morgan fingerprint density at radius 2 is 2.07 bits per heavy atom. The fourth-order valence-corrected chi connectivity index (χ4v) is 1.38. The predicted molar refractivity (Wildman–Crippen MR) is 56.6 cm³/mol. The molecule has 0 bridgehead atoms. The first-order valence-corrected chi connectivity index (χ1v) is 4.68. The molecule has 0 spiro atoms. The van der Waals surface area contributed by atoms with E-state index in [1.807, 2.05) is 0 Å². The molecule has 0 radical (unpaired) electrons. The van der Waals surface area contributed by atoms with Crippen LogP contribution in [0.2, 0.25) is 0 Å². The molecule has 0 aromatic heterocycles. The molecule has 15 heavy (non-hydrogen) atoms. The third-order valence-corrected chi connectivity index (χ3v) is 1.99. The number of benzene rings is 1. The highest BCUT2D eigenvalue weighted by Crippen LogP contribution is 2.29. The second kappa shape index (κ2) is 4.06. The minimum atomic E-state index is -0.512. The van der Waals surface area contributed by atoms with Crippen LogP contribution in [-0.2, 0) is 6.42 Å². The summed E-state index contributed by atoms with van der Waals surface area (Å²) in [7, 11) is 1.38. The Morgan fingerprint density at radius 3 is 2.53 bits per heavy atom. The van der Waals surface area contributed by atoms with Gasteiger partial charge in [-0.3, -0.25) is 0 Å². The number of methoxy groups -OCH3 is 1. The molecule has 0 aliphatic rings. The molecule has 1 aromatic carbocycles. The highest BCUT2D eigenvalue weighted by molar-refractivity contribution is 5.43. The number of hydrogen-bond acceptors (Lipinski definition) is 3. The third kappa shape index (κ3) is 3.09. The van der Waals surface area contributed by atoms with E-state index in [1.165, 1.54) is 13.2 Å². The summed E-state index contributed by atoms with van der Waals surface area (Å²) < 4.78 is 18.3. The van der Waals surface area contributed by atoms with E-state index in [0.29, 0.717) is 12.0 Å². The smallest absolute Gasteiger partial charge is 0.163 e. The van der Waals surface area contributed by atoms with Gasteiger partial charge in [0.2, 0.25) is 0 Å². The van der Waals surface area contributed by atoms with E-state index in [1.54, 1.807) is 13.8 Å². The largest absolute Gasteiger partial charge is 0.504 e. The van der Waals surface area contributed by atoms with Crippen LogP contribution in [0.1, 0.15) is 19.4 Å². The van der Waals surface area contributed by atoms with Gasteiger partial charge in [0.05, 0.1) is 7.11 Å². The number of phenols is 1. The topological polar surface area (TPSA) is 55.5 Å². The van der Waals surface area contributed by atoms with Gasteiger partial charge in [0.1, 0.15) is 5.82 Å². The normalized spacial score (nSPS) is 11.5. The zero-order valence-electron chi connectivity index (χ0n) is 9.17. The van der Waals surface area contributed by atoms with Crippen molar-refractivity contribution in [2.45, 2.75) is 25.8 Å². The summed E-state index contributed by atoms with van der Waals surface area (Å²) in [5.41, 5.74) is 5.66. The van der Waals surface area contributed by atoms with Crippen molar-refractivity contribution in [1.82, 2.24) is 0 Å². The van der Waals surface area contributed by atoms with E-state index in [0.717, 1.165) is 6.07 Å². The van der Waals surface area contributed by atoms with Gasteiger partial charge >= 0.3 is 0 Å². The predicted octanol–water partition coefficient (Wildman–Crippen LogP) is 1.82. The maximum absolute atomic E-state index is 13.5. The lowest BCUT2D eigenvalue weighted by Gasteiger charge is -2.19. The number of phenolic OH excluding ortho intramolecular Hbond substituents is 1. The SMILES string of the molecule is COc1cc(F)c(CC(C)(C)N)cc1O. The molecule has 3 N–H and O–H groups in total. The van der Waals surface area contributed by atoms with Crippen molar-refractivity contribution in [3.8, 4) is 11.5 Å². The monoisotopic (exact) mass is 213 g/mol. The van der Waals surface area contributed by atoms with Gasteiger partial charge in [0.25, 0.3) is 0 Å². The average molecular weight is 213 g/mol. The molecular weight excluding hydrogens is 197 g/mol. The molecule has 0 heterocycles. The van der Waals surface area contributed by atoms with E-state index < -0.39 is 11.4 Å². The summed E-state index contributed by atoms with van der Waals surface area (Å²) in [6, 6.07) is 2.51. The summed E-state index contributed by atoms with van der Waals surface area (Å²) in [6.07, 6.45) is 0.358. The summed E-state index contributed by atoms with van der Waals surface area (Å²) in [5, 5.41) is 9.48. The number of hydrogen-bond donors (Lipinski definition) is 2. The van der Waals surface area contributed by atoms with E-state index in [2.05, 4.69) is 0 Å². The first kappa shape index (κ1) is 11.8. The Kier molecular flexibility index (Phi) is 3.19. The molecular formula is C11H16FNO2. The molecule has 0 unspecified atom stereocenters. The van der Waals surface area contributed by atoms with Gasteiger partial charge in [-0.2, -0.15) is 0 Å². The quantitative estimate of drug-likeness (QED) is 0.805. The Balaban J connectivity index is 3.05. The van der Waals surface area contributed by atoms with Crippen LogP contribution in [0, 0.1) is 5.82 Å². The van der Waals surface area contributed by atoms with E-state index in [9.17, 15) is 9.50 Å². The van der Waals surface area contributed by atoms with Crippen molar-refractivity contribution >= 4 is 0 Å². The molecule has 0 amide bonds. The maximum atomic E-state index is 13.5. The Morgan fingerprint density at radius 1 is 1.47 bits per heavy atom. The lowest BCUT2D eigenvalue weighted by atomic mass is 9.95. The molecule has 3 nitrogen and oxygen atoms in total. The molecule has 0 aliphatic carbocycles. The highest BCUT2D eigenvalue weighted by atomic mass is 19.1. The van der Waals surface area contributed by atoms with Crippen LogP contribution in [0.4, 0.5) is 4.39 Å².